The van der Waals surface area contributed by atoms with Gasteiger partial charge in [-0.1, -0.05) is 6.07 Å². The maximum Gasteiger partial charge on any atom is 0.130 e. The van der Waals surface area contributed by atoms with Crippen LogP contribution in [0.25, 0.3) is 0 Å². The van der Waals surface area contributed by atoms with Crippen molar-refractivity contribution >= 4 is 17.4 Å². The van der Waals surface area contributed by atoms with E-state index in [2.05, 4.69) is 0 Å². The highest BCUT2D eigenvalue weighted by molar-refractivity contribution is 7.98. The number of methoxy groups -OCH3 is 1. The topological polar surface area (TPSA) is 35.2 Å². The average molecular weight is 281 g/mol. The zero-order valence-electron chi connectivity index (χ0n) is 10.3. The fourth-order valence-corrected chi connectivity index (χ4v) is 2.54. The molecule has 2 aromatic carbocycles. The van der Waals surface area contributed by atoms with E-state index in [1.807, 2.05) is 0 Å². The summed E-state index contributed by atoms with van der Waals surface area (Å²) in [6.45, 7) is 0. The van der Waals surface area contributed by atoms with Gasteiger partial charge in [-0.25, -0.2) is 8.78 Å². The molecule has 0 aromatic heterocycles. The first-order valence-electron chi connectivity index (χ1n) is 5.60. The Balaban J connectivity index is 2.14. The number of nitrogen functional groups attached to an aromatic ring is 1. The van der Waals surface area contributed by atoms with E-state index in [4.69, 9.17) is 10.5 Å². The summed E-state index contributed by atoms with van der Waals surface area (Å²) in [4.78, 5) is 0.808. The number of rotatable bonds is 4. The van der Waals surface area contributed by atoms with Gasteiger partial charge in [-0.15, -0.1) is 11.8 Å². The molecule has 0 aliphatic carbocycles. The molecule has 0 atom stereocenters. The van der Waals surface area contributed by atoms with Crippen LogP contribution in [0, 0.1) is 11.6 Å². The molecule has 0 fully saturated rings. The molecule has 0 heterocycles. The highest BCUT2D eigenvalue weighted by Crippen LogP contribution is 2.32. The van der Waals surface area contributed by atoms with Gasteiger partial charge in [0.05, 0.1) is 7.11 Å². The Kier molecular flexibility index (Phi) is 4.27. The fourth-order valence-electron chi connectivity index (χ4n) is 1.56. The Bertz CT molecular complexity index is 590. The van der Waals surface area contributed by atoms with E-state index in [-0.39, 0.29) is 0 Å². The van der Waals surface area contributed by atoms with Crippen molar-refractivity contribution in [3.8, 4) is 5.75 Å². The van der Waals surface area contributed by atoms with Crippen LogP contribution in [0.2, 0.25) is 0 Å². The lowest BCUT2D eigenvalue weighted by Gasteiger charge is -2.08. The average Bonchev–Trinajstić information content (AvgIpc) is 2.39. The second-order valence-electron chi connectivity index (χ2n) is 3.93. The molecule has 0 bridgehead atoms. The zero-order chi connectivity index (χ0) is 13.8. The van der Waals surface area contributed by atoms with Crippen LogP contribution in [0.1, 0.15) is 5.56 Å². The number of benzene rings is 2. The lowest BCUT2D eigenvalue weighted by Crippen LogP contribution is -1.93. The van der Waals surface area contributed by atoms with Gasteiger partial charge in [0.25, 0.3) is 0 Å². The fraction of sp³-hybridized carbons (Fsp3) is 0.143. The maximum absolute atomic E-state index is 13.5. The minimum absolute atomic E-state index is 0.378. The van der Waals surface area contributed by atoms with Crippen molar-refractivity contribution in [1.29, 1.82) is 0 Å². The van der Waals surface area contributed by atoms with E-state index < -0.39 is 11.6 Å². The minimum Gasteiger partial charge on any atom is -0.497 e. The number of ether oxygens (including phenoxy) is 1. The van der Waals surface area contributed by atoms with Gasteiger partial charge in [0, 0.05) is 22.4 Å². The quantitative estimate of drug-likeness (QED) is 0.683. The minimum atomic E-state index is -0.577. The van der Waals surface area contributed by atoms with Crippen LogP contribution < -0.4 is 10.5 Å². The van der Waals surface area contributed by atoms with Crippen LogP contribution in [0.5, 0.6) is 5.75 Å². The van der Waals surface area contributed by atoms with Crippen molar-refractivity contribution in [3.05, 3.63) is 53.6 Å². The summed E-state index contributed by atoms with van der Waals surface area (Å²) in [5.74, 6) is -0.0545. The third-order valence-corrected chi connectivity index (χ3v) is 3.74. The smallest absolute Gasteiger partial charge is 0.130 e. The molecule has 0 aliphatic rings. The van der Waals surface area contributed by atoms with E-state index >= 15 is 0 Å². The van der Waals surface area contributed by atoms with E-state index in [1.54, 1.807) is 25.3 Å². The maximum atomic E-state index is 13.5. The highest BCUT2D eigenvalue weighted by Gasteiger charge is 2.07. The molecule has 0 saturated heterocycles. The molecular formula is C14H13F2NOS. The number of hydrogen-bond donors (Lipinski definition) is 1. The Hall–Kier alpha value is -1.75. The predicted octanol–water partition coefficient (Wildman–Crippen LogP) is 3.85. The van der Waals surface area contributed by atoms with Crippen LogP contribution in [0.3, 0.4) is 0 Å². The molecule has 0 aliphatic heterocycles. The summed E-state index contributed by atoms with van der Waals surface area (Å²) < 4.78 is 31.4. The van der Waals surface area contributed by atoms with Crippen LogP contribution in [0.15, 0.2) is 41.3 Å². The predicted molar refractivity (Wildman–Crippen MR) is 73.3 cm³/mol. The molecule has 2 aromatic rings. The summed E-state index contributed by atoms with van der Waals surface area (Å²) in [5.41, 5.74) is 6.88. The van der Waals surface area contributed by atoms with Crippen molar-refractivity contribution in [2.24, 2.45) is 0 Å². The largest absolute Gasteiger partial charge is 0.497 e. The highest BCUT2D eigenvalue weighted by atomic mass is 32.2. The monoisotopic (exact) mass is 281 g/mol. The third kappa shape index (κ3) is 3.38. The van der Waals surface area contributed by atoms with E-state index in [9.17, 15) is 8.78 Å². The molecule has 0 unspecified atom stereocenters. The van der Waals surface area contributed by atoms with Gasteiger partial charge in [-0.05, 0) is 29.8 Å². The van der Waals surface area contributed by atoms with Crippen LogP contribution in [0.4, 0.5) is 14.5 Å². The molecule has 2 rings (SSSR count). The van der Waals surface area contributed by atoms with Crippen molar-refractivity contribution in [1.82, 2.24) is 0 Å². The van der Waals surface area contributed by atoms with E-state index in [0.717, 1.165) is 11.0 Å². The van der Waals surface area contributed by atoms with Gasteiger partial charge >= 0.3 is 0 Å². The third-order valence-electron chi connectivity index (χ3n) is 2.62. The first-order chi connectivity index (χ1) is 9.10. The second kappa shape index (κ2) is 5.93. The molecule has 0 saturated carbocycles. The summed E-state index contributed by atoms with van der Waals surface area (Å²) in [6.07, 6.45) is 0. The molecule has 2 N–H and O–H groups in total. The van der Waals surface area contributed by atoms with Crippen LogP contribution in [-0.4, -0.2) is 7.11 Å². The lowest BCUT2D eigenvalue weighted by molar-refractivity contribution is 0.414. The van der Waals surface area contributed by atoms with Gasteiger partial charge in [0.15, 0.2) is 0 Å². The Labute approximate surface area is 114 Å². The van der Waals surface area contributed by atoms with Gasteiger partial charge < -0.3 is 10.5 Å². The number of anilines is 1. The summed E-state index contributed by atoms with van der Waals surface area (Å²) in [5, 5.41) is 0. The Morgan fingerprint density at radius 2 is 1.95 bits per heavy atom. The number of thioether (sulfide) groups is 1. The van der Waals surface area contributed by atoms with Gasteiger partial charge in [0.1, 0.15) is 17.4 Å². The van der Waals surface area contributed by atoms with Crippen molar-refractivity contribution in [2.45, 2.75) is 10.6 Å². The summed E-state index contributed by atoms with van der Waals surface area (Å²) in [6, 6.07) is 8.86. The molecule has 2 nitrogen and oxygen atoms in total. The molecule has 100 valence electrons. The van der Waals surface area contributed by atoms with Crippen LogP contribution >= 0.6 is 11.8 Å². The molecule has 19 heavy (non-hydrogen) atoms. The number of halogens is 2. The second-order valence-corrected chi connectivity index (χ2v) is 4.95. The summed E-state index contributed by atoms with van der Waals surface area (Å²) in [7, 11) is 1.57. The Morgan fingerprint density at radius 3 is 2.63 bits per heavy atom. The first kappa shape index (κ1) is 13.7. The van der Waals surface area contributed by atoms with Gasteiger partial charge in [-0.2, -0.15) is 0 Å². The summed E-state index contributed by atoms with van der Waals surface area (Å²) >= 11 is 1.38. The van der Waals surface area contributed by atoms with Crippen LogP contribution in [-0.2, 0) is 5.75 Å². The molecular weight excluding hydrogens is 268 g/mol. The molecule has 5 heteroatoms. The van der Waals surface area contributed by atoms with E-state index in [1.165, 1.54) is 23.9 Å². The molecule has 0 amide bonds. The van der Waals surface area contributed by atoms with E-state index in [0.29, 0.717) is 22.8 Å². The standard InChI is InChI=1S/C14H13F2NOS/c1-18-11-4-5-13(17)14(7-11)19-8-9-2-3-10(15)6-12(9)16/h2-7H,8,17H2,1H3. The zero-order valence-corrected chi connectivity index (χ0v) is 11.1. The normalized spacial score (nSPS) is 10.5. The lowest BCUT2D eigenvalue weighted by atomic mass is 10.2. The molecule has 0 radical (unpaired) electrons. The van der Waals surface area contributed by atoms with Gasteiger partial charge in [-0.3, -0.25) is 0 Å². The van der Waals surface area contributed by atoms with Gasteiger partial charge in [0.2, 0.25) is 0 Å². The Morgan fingerprint density at radius 1 is 1.16 bits per heavy atom. The van der Waals surface area contributed by atoms with Crippen molar-refractivity contribution < 1.29 is 13.5 Å². The molecule has 0 spiro atoms. The van der Waals surface area contributed by atoms with Crippen molar-refractivity contribution in [3.63, 3.8) is 0 Å². The number of hydrogen-bond acceptors (Lipinski definition) is 3. The first-order valence-corrected chi connectivity index (χ1v) is 6.59. The van der Waals surface area contributed by atoms with Crippen molar-refractivity contribution in [2.75, 3.05) is 12.8 Å². The number of nitrogens with two attached hydrogens (primary N) is 1. The SMILES string of the molecule is COc1ccc(N)c(SCc2ccc(F)cc2F)c1.